The summed E-state index contributed by atoms with van der Waals surface area (Å²) in [4.78, 5) is 20.5. The van der Waals surface area contributed by atoms with Gasteiger partial charge in [-0.25, -0.2) is 0 Å². The number of nitrogens with zero attached hydrogens (tertiary/aromatic N) is 2. The molecule has 2 fully saturated rings. The SMILES string of the molecule is CC1CON2OCCC12[N+](=O)[O-]. The first kappa shape index (κ1) is 7.90. The molecule has 2 aliphatic rings. The molecule has 2 rings (SSSR count). The van der Waals surface area contributed by atoms with E-state index in [9.17, 15) is 10.1 Å². The Morgan fingerprint density at radius 1 is 1.67 bits per heavy atom. The summed E-state index contributed by atoms with van der Waals surface area (Å²) in [7, 11) is 0. The van der Waals surface area contributed by atoms with Gasteiger partial charge in [0.2, 0.25) is 0 Å². The fourth-order valence-electron chi connectivity index (χ4n) is 1.71. The Balaban J connectivity index is 2.33. The first-order chi connectivity index (χ1) is 5.68. The maximum absolute atomic E-state index is 10.8. The van der Waals surface area contributed by atoms with E-state index in [4.69, 9.17) is 9.68 Å². The standard InChI is InChI=1S/C6H10N2O4/c1-5-4-12-8-6(5,7(9)10)2-3-11-8/h5H,2-4H2,1H3. The number of hydrogen-bond acceptors (Lipinski definition) is 5. The van der Waals surface area contributed by atoms with Gasteiger partial charge in [0.15, 0.2) is 0 Å². The van der Waals surface area contributed by atoms with Crippen molar-refractivity contribution in [1.29, 1.82) is 0 Å². The van der Waals surface area contributed by atoms with E-state index < -0.39 is 5.66 Å². The molecule has 6 nitrogen and oxygen atoms in total. The predicted octanol–water partition coefficient (Wildman–Crippen LogP) is 0.178. The molecule has 0 bridgehead atoms. The highest BCUT2D eigenvalue weighted by atomic mass is 17.0. The van der Waals surface area contributed by atoms with Crippen molar-refractivity contribution in [3.8, 4) is 0 Å². The van der Waals surface area contributed by atoms with Crippen molar-refractivity contribution in [3.05, 3.63) is 10.1 Å². The molecule has 2 heterocycles. The Bertz CT molecular complexity index is 222. The number of hydroxylamine groups is 2. The maximum atomic E-state index is 10.8. The Hall–Kier alpha value is -0.720. The number of rotatable bonds is 1. The highest BCUT2D eigenvalue weighted by molar-refractivity contribution is 4.85. The van der Waals surface area contributed by atoms with Crippen LogP contribution in [0.25, 0.3) is 0 Å². The van der Waals surface area contributed by atoms with Gasteiger partial charge in [0, 0.05) is 10.1 Å². The fraction of sp³-hybridized carbons (Fsp3) is 1.00. The number of fused-ring (bicyclic) bond motifs is 1. The summed E-state index contributed by atoms with van der Waals surface area (Å²) in [6, 6.07) is 0. The highest BCUT2D eigenvalue weighted by Crippen LogP contribution is 2.40. The van der Waals surface area contributed by atoms with Crippen LogP contribution < -0.4 is 0 Å². The van der Waals surface area contributed by atoms with Gasteiger partial charge in [-0.2, -0.15) is 0 Å². The monoisotopic (exact) mass is 174 g/mol. The van der Waals surface area contributed by atoms with Gasteiger partial charge in [-0.1, -0.05) is 6.92 Å². The van der Waals surface area contributed by atoms with Gasteiger partial charge in [0.05, 0.1) is 25.6 Å². The van der Waals surface area contributed by atoms with E-state index in [-0.39, 0.29) is 10.8 Å². The highest BCUT2D eigenvalue weighted by Gasteiger charge is 2.63. The van der Waals surface area contributed by atoms with E-state index in [0.29, 0.717) is 19.6 Å². The molecule has 0 aromatic carbocycles. The van der Waals surface area contributed by atoms with Crippen LogP contribution in [-0.4, -0.2) is 29.0 Å². The van der Waals surface area contributed by atoms with Crippen LogP contribution in [0.2, 0.25) is 0 Å². The third-order valence-corrected chi connectivity index (χ3v) is 2.54. The molecule has 0 radical (unpaired) electrons. The van der Waals surface area contributed by atoms with Crippen molar-refractivity contribution in [2.75, 3.05) is 13.2 Å². The van der Waals surface area contributed by atoms with Gasteiger partial charge in [-0.05, 0) is 0 Å². The average molecular weight is 174 g/mol. The molecule has 0 saturated carbocycles. The van der Waals surface area contributed by atoms with Crippen LogP contribution in [0.15, 0.2) is 0 Å². The van der Waals surface area contributed by atoms with Crippen molar-refractivity contribution < 1.29 is 14.6 Å². The largest absolute Gasteiger partial charge is 0.328 e. The van der Waals surface area contributed by atoms with Crippen LogP contribution in [0.1, 0.15) is 13.3 Å². The van der Waals surface area contributed by atoms with E-state index in [2.05, 4.69) is 0 Å². The molecule has 2 atom stereocenters. The molecule has 0 aromatic heterocycles. The first-order valence-electron chi connectivity index (χ1n) is 3.88. The number of hydrogen-bond donors (Lipinski definition) is 0. The molecule has 2 saturated heterocycles. The summed E-state index contributed by atoms with van der Waals surface area (Å²) in [6.07, 6.45) is 0.404. The van der Waals surface area contributed by atoms with Crippen LogP contribution in [-0.2, 0) is 9.68 Å². The smallest absolute Gasteiger partial charge is 0.268 e. The minimum Gasteiger partial charge on any atom is -0.268 e. The third-order valence-electron chi connectivity index (χ3n) is 2.54. The molecule has 0 spiro atoms. The van der Waals surface area contributed by atoms with Crippen molar-refractivity contribution in [2.24, 2.45) is 5.92 Å². The van der Waals surface area contributed by atoms with Crippen molar-refractivity contribution in [1.82, 2.24) is 5.23 Å². The normalized spacial score (nSPS) is 41.6. The average Bonchev–Trinajstić information content (AvgIpc) is 2.52. The lowest BCUT2D eigenvalue weighted by molar-refractivity contribution is -0.636. The van der Waals surface area contributed by atoms with Gasteiger partial charge in [0.25, 0.3) is 0 Å². The van der Waals surface area contributed by atoms with Crippen molar-refractivity contribution in [2.45, 2.75) is 19.0 Å². The summed E-state index contributed by atoms with van der Waals surface area (Å²) in [5, 5.41) is 11.9. The Kier molecular flexibility index (Phi) is 1.57. The molecular formula is C6H10N2O4. The zero-order valence-electron chi connectivity index (χ0n) is 6.73. The van der Waals surface area contributed by atoms with E-state index in [1.54, 1.807) is 6.92 Å². The molecule has 6 heteroatoms. The van der Waals surface area contributed by atoms with Gasteiger partial charge < -0.3 is 0 Å². The first-order valence-corrected chi connectivity index (χ1v) is 3.88. The zero-order valence-corrected chi connectivity index (χ0v) is 6.73. The molecule has 0 N–H and O–H groups in total. The lowest BCUT2D eigenvalue weighted by atomic mass is 9.95. The Labute approximate surface area is 69.1 Å². The minimum absolute atomic E-state index is 0.116. The Morgan fingerprint density at radius 2 is 2.42 bits per heavy atom. The molecule has 0 aromatic rings. The van der Waals surface area contributed by atoms with Crippen LogP contribution >= 0.6 is 0 Å². The molecule has 68 valence electrons. The summed E-state index contributed by atoms with van der Waals surface area (Å²) in [5.41, 5.74) is -1.12. The summed E-state index contributed by atoms with van der Waals surface area (Å²) < 4.78 is 0. The van der Waals surface area contributed by atoms with Crippen LogP contribution in [0.5, 0.6) is 0 Å². The topological polar surface area (TPSA) is 64.8 Å². The second-order valence-electron chi connectivity index (χ2n) is 3.17. The number of nitro groups is 1. The summed E-state index contributed by atoms with van der Waals surface area (Å²) in [5.74, 6) is -0.116. The Morgan fingerprint density at radius 3 is 3.00 bits per heavy atom. The molecule has 12 heavy (non-hydrogen) atoms. The van der Waals surface area contributed by atoms with Crippen LogP contribution in [0, 0.1) is 16.0 Å². The molecular weight excluding hydrogens is 164 g/mol. The van der Waals surface area contributed by atoms with E-state index in [0.717, 1.165) is 5.23 Å². The molecule has 2 aliphatic heterocycles. The summed E-state index contributed by atoms with van der Waals surface area (Å²) >= 11 is 0. The molecule has 0 amide bonds. The van der Waals surface area contributed by atoms with E-state index in [1.165, 1.54) is 0 Å². The zero-order chi connectivity index (χ0) is 8.77. The molecule has 2 unspecified atom stereocenters. The predicted molar refractivity (Wildman–Crippen MR) is 37.2 cm³/mol. The van der Waals surface area contributed by atoms with Gasteiger partial charge in [0.1, 0.15) is 0 Å². The van der Waals surface area contributed by atoms with Gasteiger partial charge in [-0.15, -0.1) is 0 Å². The maximum Gasteiger partial charge on any atom is 0.328 e. The van der Waals surface area contributed by atoms with Crippen molar-refractivity contribution in [3.63, 3.8) is 0 Å². The van der Waals surface area contributed by atoms with E-state index in [1.807, 2.05) is 0 Å². The second-order valence-corrected chi connectivity index (χ2v) is 3.17. The lowest BCUT2D eigenvalue weighted by Gasteiger charge is -2.20. The van der Waals surface area contributed by atoms with Crippen molar-refractivity contribution >= 4 is 0 Å². The minimum atomic E-state index is -1.12. The van der Waals surface area contributed by atoms with Gasteiger partial charge >= 0.3 is 5.66 Å². The quantitative estimate of drug-likeness (QED) is 0.419. The van der Waals surface area contributed by atoms with E-state index >= 15 is 0 Å². The lowest BCUT2D eigenvalue weighted by Crippen LogP contribution is -2.48. The summed E-state index contributed by atoms with van der Waals surface area (Å²) in [6.45, 7) is 2.53. The molecule has 0 aliphatic carbocycles. The third kappa shape index (κ3) is 0.742. The second kappa shape index (κ2) is 2.38. The van der Waals surface area contributed by atoms with Gasteiger partial charge in [-0.3, -0.25) is 19.8 Å². The fourth-order valence-corrected chi connectivity index (χ4v) is 1.71. The van der Waals surface area contributed by atoms with Crippen LogP contribution in [0.4, 0.5) is 0 Å². The van der Waals surface area contributed by atoms with Crippen LogP contribution in [0.3, 0.4) is 0 Å².